The number of carboxylic acids is 3. The van der Waals surface area contributed by atoms with Crippen LogP contribution in [0.3, 0.4) is 0 Å². The molecule has 0 spiro atoms. The van der Waals surface area contributed by atoms with E-state index in [9.17, 15) is 111 Å². The van der Waals surface area contributed by atoms with Gasteiger partial charge in [0.1, 0.15) is 146 Å². The first-order valence-corrected chi connectivity index (χ1v) is 26.6. The molecule has 39 nitrogen and oxygen atoms in total. The number of amides is 1. The Morgan fingerprint density at radius 2 is 0.698 bits per heavy atom. The van der Waals surface area contributed by atoms with Crippen LogP contribution < -0.4 is 5.32 Å². The molecule has 0 saturated carbocycles. The Hall–Kier alpha value is -3.36. The normalized spacial score (nSPS) is 49.4. The molecule has 19 N–H and O–H groups in total. The number of carbonyl (C=O) groups excluding carboxylic acids is 1. The van der Waals surface area contributed by atoms with Gasteiger partial charge in [-0.25, -0.2) is 14.4 Å². The smallest absolute Gasteiger partial charge is 0.335 e. The van der Waals surface area contributed by atoms with Crippen molar-refractivity contribution in [2.75, 3.05) is 41.2 Å². The van der Waals surface area contributed by atoms with Gasteiger partial charge in [0.15, 0.2) is 62.3 Å². The molecule has 1 amide bonds. The first kappa shape index (κ1) is 70.1. The quantitative estimate of drug-likeness (QED) is 0.0479. The van der Waals surface area contributed by atoms with Gasteiger partial charge in [0, 0.05) is 28.3 Å². The zero-order chi connectivity index (χ0) is 63.7. The minimum absolute atomic E-state index is 0.893. The standard InChI is InChI=1S/C47H75NO38/c1-9-15(53)18(56)32(71-3)45(74-9)83-31-24(62)27(12(7-50)75-41(31)70)79-47-34(73-5)25(63)30(37(86-47)40(68)69)81-43-22(60)20(58)26(13(8-51)77-43)78-44-23(61)21(59)29(36(85-44)39(66)67)80-42-14(48-10(2)52)17(55)28(35(84-42)38(64)65)82-46-33(72-4)19(57)16(54)11(6-49)76-46/h9,11-37,41-47,49-51,53-63,70H,6-8H2,1-5H3,(H,48,52)(H,64,65)(H,66,67)(H,68,69)/t9-,11-,12-,13-,14-,15-,16-,17-,18+,19+,20-,21-,22-,23-,24+,25+,26-,27-,28+,29+,30+,31+,32+,33+,34-,35+,36+,37+,41?,42?,43?,44?,45?,46?,47?/m1/s1. The molecule has 7 rings (SSSR count). The molecule has 0 aromatic rings. The number of aliphatic hydroxyl groups excluding tert-OH is 15. The van der Waals surface area contributed by atoms with E-state index in [4.69, 9.17) is 75.8 Å². The number of nitrogens with one attached hydrogen (secondary N) is 1. The van der Waals surface area contributed by atoms with Gasteiger partial charge in [0.2, 0.25) is 5.91 Å². The fourth-order valence-electron chi connectivity index (χ4n) is 11.0. The number of carbonyl (C=O) groups is 4. The molecule has 7 fully saturated rings. The summed E-state index contributed by atoms with van der Waals surface area (Å²) in [6.45, 7) is -0.768. The van der Waals surface area contributed by atoms with Crippen molar-refractivity contribution in [3.05, 3.63) is 0 Å². The summed E-state index contributed by atoms with van der Waals surface area (Å²) < 4.78 is 88.9. The molecule has 7 heterocycles. The number of aliphatic carboxylic acids is 3. The Bertz CT molecular complexity index is 2230. The van der Waals surface area contributed by atoms with E-state index in [-0.39, 0.29) is 0 Å². The summed E-state index contributed by atoms with van der Waals surface area (Å²) >= 11 is 0. The van der Waals surface area contributed by atoms with Gasteiger partial charge in [0.05, 0.1) is 25.9 Å². The second kappa shape index (κ2) is 29.7. The van der Waals surface area contributed by atoms with Crippen LogP contribution in [0.5, 0.6) is 0 Å². The van der Waals surface area contributed by atoms with E-state index >= 15 is 0 Å². The monoisotopic (exact) mass is 1260 g/mol. The van der Waals surface area contributed by atoms with Crippen molar-refractivity contribution in [3.63, 3.8) is 0 Å². The largest absolute Gasteiger partial charge is 0.479 e. The van der Waals surface area contributed by atoms with Crippen molar-refractivity contribution in [2.45, 2.75) is 229 Å². The lowest BCUT2D eigenvalue weighted by molar-refractivity contribution is -0.394. The molecule has 496 valence electrons. The zero-order valence-corrected chi connectivity index (χ0v) is 46.0. The van der Waals surface area contributed by atoms with Crippen LogP contribution in [0.15, 0.2) is 0 Å². The highest BCUT2D eigenvalue weighted by molar-refractivity contribution is 5.75. The Morgan fingerprint density at radius 3 is 1.22 bits per heavy atom. The van der Waals surface area contributed by atoms with Crippen LogP contribution in [-0.2, 0) is 95.0 Å². The van der Waals surface area contributed by atoms with Crippen molar-refractivity contribution in [1.29, 1.82) is 0 Å². The number of methoxy groups -OCH3 is 3. The third kappa shape index (κ3) is 14.4. The van der Waals surface area contributed by atoms with Gasteiger partial charge in [-0.2, -0.15) is 0 Å². The van der Waals surface area contributed by atoms with Crippen LogP contribution in [-0.4, -0.2) is 372 Å². The first-order valence-electron chi connectivity index (χ1n) is 26.6. The number of ether oxygens (including phenoxy) is 16. The van der Waals surface area contributed by atoms with Gasteiger partial charge < -0.3 is 173 Å². The van der Waals surface area contributed by atoms with Gasteiger partial charge >= 0.3 is 17.9 Å². The third-order valence-electron chi connectivity index (χ3n) is 15.6. The number of rotatable bonds is 22. The fraction of sp³-hybridized carbons (Fsp3) is 0.915. The van der Waals surface area contributed by atoms with E-state index in [1.54, 1.807) is 0 Å². The maximum atomic E-state index is 12.8. The van der Waals surface area contributed by atoms with Crippen molar-refractivity contribution in [1.82, 2.24) is 5.32 Å². The molecule has 0 aliphatic carbocycles. The highest BCUT2D eigenvalue weighted by Crippen LogP contribution is 2.39. The molecular formula is C47H75NO38. The summed E-state index contributed by atoms with van der Waals surface area (Å²) in [4.78, 5) is 50.8. The highest BCUT2D eigenvalue weighted by atomic mass is 16.8. The molecule has 0 radical (unpaired) electrons. The van der Waals surface area contributed by atoms with E-state index in [0.29, 0.717) is 0 Å². The van der Waals surface area contributed by atoms with Gasteiger partial charge in [-0.3, -0.25) is 4.79 Å². The van der Waals surface area contributed by atoms with Crippen molar-refractivity contribution in [3.8, 4) is 0 Å². The zero-order valence-electron chi connectivity index (χ0n) is 46.0. The summed E-state index contributed by atoms with van der Waals surface area (Å²) in [5, 5.41) is 197. The van der Waals surface area contributed by atoms with Crippen LogP contribution in [0.2, 0.25) is 0 Å². The Balaban J connectivity index is 1.03. The lowest BCUT2D eigenvalue weighted by Crippen LogP contribution is -2.70. The second-order valence-corrected chi connectivity index (χ2v) is 21.0. The highest BCUT2D eigenvalue weighted by Gasteiger charge is 2.61. The van der Waals surface area contributed by atoms with Crippen molar-refractivity contribution < 1.29 is 187 Å². The van der Waals surface area contributed by atoms with Crippen molar-refractivity contribution in [2.24, 2.45) is 0 Å². The third-order valence-corrected chi connectivity index (χ3v) is 15.6. The van der Waals surface area contributed by atoms with E-state index in [1.807, 2.05) is 0 Å². The van der Waals surface area contributed by atoms with Crippen LogP contribution in [0.1, 0.15) is 13.8 Å². The number of aliphatic hydroxyl groups is 15. The number of hydrogen-bond acceptors (Lipinski definition) is 35. The maximum Gasteiger partial charge on any atom is 0.335 e. The molecule has 86 heavy (non-hydrogen) atoms. The SMILES string of the molecule is CO[C@@H]1C(O[C@@H]2C(O)O[C@H](CO)[C@@H](OC3O[C@H](C(=O)O)[C@@H](OC4O[C@H](CO)[C@@H](OC5O[C@H](C(=O)O)[C@@H](OC6O[C@H](C(=O)O)[C@@H](OC7O[C@H](CO)[C@@H](O)[C@H](O)[C@@H]7OC)[C@H](O)[C@H]6NC(C)=O)[C@H](O)[C@H]5O)[C@H](O)[C@H]4O)[C@H](O)[C@H]3OC)[C@@H]2O)O[C@H](C)[C@@H](O)[C@@H]1O. The van der Waals surface area contributed by atoms with Crippen LogP contribution >= 0.6 is 0 Å². The molecule has 0 aromatic heterocycles. The molecular weight excluding hydrogens is 1190 g/mol. The Kier molecular flexibility index (Phi) is 24.2. The average molecular weight is 1260 g/mol. The molecule has 7 aliphatic rings. The molecule has 0 aromatic carbocycles. The molecule has 7 unspecified atom stereocenters. The topological polar surface area (TPSA) is 592 Å². The first-order chi connectivity index (χ1) is 40.6. The Morgan fingerprint density at radius 1 is 0.360 bits per heavy atom. The van der Waals surface area contributed by atoms with Gasteiger partial charge in [-0.05, 0) is 6.92 Å². The van der Waals surface area contributed by atoms with Crippen LogP contribution in [0.25, 0.3) is 0 Å². The number of hydrogen-bond donors (Lipinski definition) is 19. The summed E-state index contributed by atoms with van der Waals surface area (Å²) in [5.41, 5.74) is 0. The van der Waals surface area contributed by atoms with E-state index in [0.717, 1.165) is 28.3 Å². The van der Waals surface area contributed by atoms with E-state index in [1.165, 1.54) is 6.92 Å². The molecule has 7 saturated heterocycles. The molecule has 39 heteroatoms. The minimum Gasteiger partial charge on any atom is -0.479 e. The summed E-state index contributed by atoms with van der Waals surface area (Å²) in [7, 11) is 3.16. The predicted molar refractivity (Wildman–Crippen MR) is 258 cm³/mol. The molecule has 7 aliphatic heterocycles. The molecule has 0 bridgehead atoms. The minimum atomic E-state index is -2.50. The predicted octanol–water partition coefficient (Wildman–Crippen LogP) is -12.9. The van der Waals surface area contributed by atoms with Crippen LogP contribution in [0, 0.1) is 0 Å². The van der Waals surface area contributed by atoms with E-state index in [2.05, 4.69) is 5.32 Å². The number of carboxylic acid groups (broad SMARTS) is 3. The van der Waals surface area contributed by atoms with Crippen molar-refractivity contribution >= 4 is 23.8 Å². The van der Waals surface area contributed by atoms with E-state index < -0.39 is 259 Å². The average Bonchev–Trinajstić information content (AvgIpc) is 0.854. The summed E-state index contributed by atoms with van der Waals surface area (Å²) in [6, 6.07) is -1.95. The van der Waals surface area contributed by atoms with Gasteiger partial charge in [0.25, 0.3) is 0 Å². The maximum absolute atomic E-state index is 12.8. The van der Waals surface area contributed by atoms with Crippen LogP contribution in [0.4, 0.5) is 0 Å². The Labute approximate surface area is 485 Å². The summed E-state index contributed by atoms with van der Waals surface area (Å²) in [6.07, 6.45) is -67.8. The second-order valence-electron chi connectivity index (χ2n) is 21.0. The lowest BCUT2D eigenvalue weighted by atomic mass is 9.94. The summed E-state index contributed by atoms with van der Waals surface area (Å²) in [5.74, 6) is -6.73. The van der Waals surface area contributed by atoms with Gasteiger partial charge in [-0.15, -0.1) is 0 Å². The fourth-order valence-corrected chi connectivity index (χ4v) is 11.0. The molecule has 35 atom stereocenters. The van der Waals surface area contributed by atoms with Gasteiger partial charge in [-0.1, -0.05) is 0 Å². The lowest BCUT2D eigenvalue weighted by Gasteiger charge is -2.50.